The number of carbonyl (C=O) groups is 1. The molecule has 0 spiro atoms. The standard InChI is InChI=1S/C14H13F3N2OS/c1-8(2)12(20)9(7-18)13(21)19-11-6-4-3-5-10(11)14(15,16)17/h3-6,8-9H,1-2H3,(H,19,21). The minimum atomic E-state index is -4.55. The third kappa shape index (κ3) is 4.26. The predicted molar refractivity (Wildman–Crippen MR) is 76.6 cm³/mol. The Bertz CT molecular complexity index is 591. The normalized spacial score (nSPS) is 12.6. The van der Waals surface area contributed by atoms with Crippen molar-refractivity contribution in [1.82, 2.24) is 0 Å². The topological polar surface area (TPSA) is 52.9 Å². The number of hydrogen-bond donors (Lipinski definition) is 1. The molecule has 1 atom stereocenters. The van der Waals surface area contributed by atoms with Crippen LogP contribution in [0.4, 0.5) is 18.9 Å². The molecule has 112 valence electrons. The molecule has 0 aliphatic carbocycles. The van der Waals surface area contributed by atoms with Crippen LogP contribution >= 0.6 is 12.2 Å². The van der Waals surface area contributed by atoms with Gasteiger partial charge in [-0.3, -0.25) is 4.79 Å². The monoisotopic (exact) mass is 314 g/mol. The number of nitriles is 1. The van der Waals surface area contributed by atoms with E-state index in [1.807, 2.05) is 0 Å². The van der Waals surface area contributed by atoms with Crippen molar-refractivity contribution in [1.29, 1.82) is 5.26 Å². The number of benzene rings is 1. The molecule has 0 amide bonds. The van der Waals surface area contributed by atoms with Crippen LogP contribution < -0.4 is 5.32 Å². The zero-order valence-electron chi connectivity index (χ0n) is 11.4. The summed E-state index contributed by atoms with van der Waals surface area (Å²) in [7, 11) is 0. The van der Waals surface area contributed by atoms with Crippen LogP contribution in [0.5, 0.6) is 0 Å². The van der Waals surface area contributed by atoms with Crippen LogP contribution in [-0.4, -0.2) is 10.8 Å². The van der Waals surface area contributed by atoms with Gasteiger partial charge in [0.05, 0.1) is 17.3 Å². The van der Waals surface area contributed by atoms with Crippen molar-refractivity contribution in [3.8, 4) is 6.07 Å². The number of nitrogens with one attached hydrogen (secondary N) is 1. The first kappa shape index (κ1) is 17.1. The average Bonchev–Trinajstić information content (AvgIpc) is 2.38. The SMILES string of the molecule is CC(C)C(=O)C(C#N)C(=S)Nc1ccccc1C(F)(F)F. The molecule has 1 rings (SSSR count). The van der Waals surface area contributed by atoms with Crippen LogP contribution in [0.15, 0.2) is 24.3 Å². The Hall–Kier alpha value is -1.94. The van der Waals surface area contributed by atoms with Gasteiger partial charge in [0.2, 0.25) is 0 Å². The molecule has 0 saturated heterocycles. The highest BCUT2D eigenvalue weighted by atomic mass is 32.1. The van der Waals surface area contributed by atoms with Gasteiger partial charge in [0.25, 0.3) is 0 Å². The molecule has 0 radical (unpaired) electrons. The van der Waals surface area contributed by atoms with Gasteiger partial charge in [-0.2, -0.15) is 18.4 Å². The molecule has 1 unspecified atom stereocenters. The van der Waals surface area contributed by atoms with E-state index in [9.17, 15) is 18.0 Å². The second kappa shape index (κ2) is 6.68. The Balaban J connectivity index is 3.04. The number of nitrogens with zero attached hydrogens (tertiary/aromatic N) is 1. The zero-order chi connectivity index (χ0) is 16.2. The summed E-state index contributed by atoms with van der Waals surface area (Å²) in [5, 5.41) is 11.4. The van der Waals surface area contributed by atoms with Crippen molar-refractivity contribution in [3.05, 3.63) is 29.8 Å². The van der Waals surface area contributed by atoms with Gasteiger partial charge in [-0.1, -0.05) is 38.2 Å². The number of rotatable bonds is 4. The van der Waals surface area contributed by atoms with Gasteiger partial charge in [0, 0.05) is 5.92 Å². The van der Waals surface area contributed by atoms with Gasteiger partial charge in [-0.15, -0.1) is 0 Å². The molecule has 3 nitrogen and oxygen atoms in total. The van der Waals surface area contributed by atoms with Crippen LogP contribution in [-0.2, 0) is 11.0 Å². The molecule has 0 bridgehead atoms. The van der Waals surface area contributed by atoms with E-state index >= 15 is 0 Å². The predicted octanol–water partition coefficient (Wildman–Crippen LogP) is 3.81. The van der Waals surface area contributed by atoms with E-state index in [-0.39, 0.29) is 10.7 Å². The summed E-state index contributed by atoms with van der Waals surface area (Å²) in [6.07, 6.45) is -4.55. The minimum absolute atomic E-state index is 0.229. The van der Waals surface area contributed by atoms with Crippen LogP contribution in [0.25, 0.3) is 0 Å². The van der Waals surface area contributed by atoms with E-state index in [2.05, 4.69) is 5.32 Å². The van der Waals surface area contributed by atoms with Crippen molar-refractivity contribution >= 4 is 28.7 Å². The number of ketones is 1. The molecule has 0 aromatic heterocycles. The smallest absolute Gasteiger partial charge is 0.348 e. The van der Waals surface area contributed by atoms with Crippen LogP contribution in [0.1, 0.15) is 19.4 Å². The number of hydrogen-bond acceptors (Lipinski definition) is 3. The number of carbonyl (C=O) groups excluding carboxylic acids is 1. The summed E-state index contributed by atoms with van der Waals surface area (Å²) in [4.78, 5) is 11.6. The third-order valence-corrected chi connectivity index (χ3v) is 3.07. The summed E-state index contributed by atoms with van der Waals surface area (Å²) in [6, 6.07) is 6.48. The van der Waals surface area contributed by atoms with Crippen molar-refractivity contribution in [2.45, 2.75) is 20.0 Å². The van der Waals surface area contributed by atoms with Crippen LogP contribution in [0, 0.1) is 23.2 Å². The molecule has 0 saturated carbocycles. The van der Waals surface area contributed by atoms with E-state index in [1.54, 1.807) is 19.9 Å². The molecule has 7 heteroatoms. The maximum Gasteiger partial charge on any atom is 0.418 e. The minimum Gasteiger partial charge on any atom is -0.348 e. The molecule has 21 heavy (non-hydrogen) atoms. The van der Waals surface area contributed by atoms with Gasteiger partial charge in [0.1, 0.15) is 4.99 Å². The highest BCUT2D eigenvalue weighted by molar-refractivity contribution is 7.80. The largest absolute Gasteiger partial charge is 0.418 e. The second-order valence-corrected chi connectivity index (χ2v) is 5.09. The lowest BCUT2D eigenvalue weighted by atomic mass is 9.96. The van der Waals surface area contributed by atoms with Crippen molar-refractivity contribution in [2.24, 2.45) is 11.8 Å². The Kier molecular flexibility index (Phi) is 5.44. The van der Waals surface area contributed by atoms with E-state index in [0.717, 1.165) is 6.07 Å². The van der Waals surface area contributed by atoms with Crippen molar-refractivity contribution in [2.75, 3.05) is 5.32 Å². The first-order chi connectivity index (χ1) is 9.68. The Labute approximate surface area is 125 Å². The van der Waals surface area contributed by atoms with Gasteiger partial charge < -0.3 is 5.32 Å². The second-order valence-electron chi connectivity index (χ2n) is 4.65. The van der Waals surface area contributed by atoms with Crippen molar-refractivity contribution < 1.29 is 18.0 Å². The van der Waals surface area contributed by atoms with Crippen LogP contribution in [0.2, 0.25) is 0 Å². The molecule has 1 N–H and O–H groups in total. The van der Waals surface area contributed by atoms with Gasteiger partial charge in [-0.05, 0) is 12.1 Å². The summed E-state index contributed by atoms with van der Waals surface area (Å²) < 4.78 is 38.6. The number of alkyl halides is 3. The molecular formula is C14H13F3N2OS. The number of halogens is 3. The zero-order valence-corrected chi connectivity index (χ0v) is 12.2. The van der Waals surface area contributed by atoms with E-state index in [4.69, 9.17) is 17.5 Å². The first-order valence-corrected chi connectivity index (χ1v) is 6.49. The quantitative estimate of drug-likeness (QED) is 0.859. The highest BCUT2D eigenvalue weighted by Crippen LogP contribution is 2.34. The maximum absolute atomic E-state index is 12.9. The molecule has 0 fully saturated rings. The molecule has 0 aliphatic heterocycles. The molecule has 0 aliphatic rings. The van der Waals surface area contributed by atoms with E-state index in [0.29, 0.717) is 0 Å². The average molecular weight is 314 g/mol. The summed E-state index contributed by atoms with van der Waals surface area (Å²) in [6.45, 7) is 3.19. The lowest BCUT2D eigenvalue weighted by Crippen LogP contribution is -2.30. The van der Waals surface area contributed by atoms with Gasteiger partial charge in [-0.25, -0.2) is 0 Å². The number of Topliss-reactive ketones (excluding diaryl/α,β-unsaturated/α-hetero) is 1. The van der Waals surface area contributed by atoms with Gasteiger partial charge in [0.15, 0.2) is 11.7 Å². The summed E-state index contributed by atoms with van der Waals surface area (Å²) >= 11 is 4.91. The number of para-hydroxylation sites is 1. The Morgan fingerprint density at radius 2 is 1.90 bits per heavy atom. The first-order valence-electron chi connectivity index (χ1n) is 6.09. The number of anilines is 1. The van der Waals surface area contributed by atoms with E-state index in [1.165, 1.54) is 18.2 Å². The number of thiocarbonyl (C=S) groups is 1. The molecule has 0 heterocycles. The maximum atomic E-state index is 12.9. The fourth-order valence-corrected chi connectivity index (χ4v) is 1.91. The fourth-order valence-electron chi connectivity index (χ4n) is 1.63. The molecular weight excluding hydrogens is 301 g/mol. The van der Waals surface area contributed by atoms with Gasteiger partial charge >= 0.3 is 6.18 Å². The third-order valence-electron chi connectivity index (χ3n) is 2.74. The Morgan fingerprint density at radius 3 is 2.38 bits per heavy atom. The fraction of sp³-hybridized carbons (Fsp3) is 0.357. The van der Waals surface area contributed by atoms with Crippen molar-refractivity contribution in [3.63, 3.8) is 0 Å². The van der Waals surface area contributed by atoms with Crippen LogP contribution in [0.3, 0.4) is 0 Å². The lowest BCUT2D eigenvalue weighted by Gasteiger charge is -2.17. The highest BCUT2D eigenvalue weighted by Gasteiger charge is 2.34. The molecule has 1 aromatic carbocycles. The summed E-state index contributed by atoms with van der Waals surface area (Å²) in [5.74, 6) is -2.13. The summed E-state index contributed by atoms with van der Waals surface area (Å²) in [5.41, 5.74) is -1.17. The van der Waals surface area contributed by atoms with E-state index < -0.39 is 29.4 Å². The Morgan fingerprint density at radius 1 is 1.33 bits per heavy atom. The lowest BCUT2D eigenvalue weighted by molar-refractivity contribution is -0.136. The molecule has 1 aromatic rings.